The Morgan fingerprint density at radius 1 is 1.47 bits per heavy atom. The van der Waals surface area contributed by atoms with Crippen LogP contribution in [-0.2, 0) is 10.0 Å². The van der Waals surface area contributed by atoms with Gasteiger partial charge in [-0.25, -0.2) is 8.42 Å². The van der Waals surface area contributed by atoms with Crippen LogP contribution >= 0.6 is 12.2 Å². The fraction of sp³-hybridized carbons (Fsp3) is 0.889. The molecule has 0 aliphatic carbocycles. The fourth-order valence-corrected chi connectivity index (χ4v) is 4.66. The van der Waals surface area contributed by atoms with Crippen LogP contribution in [0, 0.1) is 0 Å². The van der Waals surface area contributed by atoms with Gasteiger partial charge in [0.05, 0.1) is 16.3 Å². The van der Waals surface area contributed by atoms with Crippen molar-refractivity contribution in [3.63, 3.8) is 0 Å². The number of hydrogen-bond acceptors (Lipinski definition) is 3. The van der Waals surface area contributed by atoms with E-state index in [4.69, 9.17) is 18.0 Å². The van der Waals surface area contributed by atoms with Crippen LogP contribution < -0.4 is 5.73 Å². The zero-order valence-corrected chi connectivity index (χ0v) is 10.8. The van der Waals surface area contributed by atoms with Crippen molar-refractivity contribution in [3.05, 3.63) is 0 Å². The Hall–Kier alpha value is -0.200. The SMILES string of the molecule is CCC(CC)(C(N)=S)N1CCCS1(=O)=O. The summed E-state index contributed by atoms with van der Waals surface area (Å²) < 4.78 is 25.2. The smallest absolute Gasteiger partial charge is 0.215 e. The monoisotopic (exact) mass is 250 g/mol. The van der Waals surface area contributed by atoms with Crippen molar-refractivity contribution in [1.82, 2.24) is 4.31 Å². The standard InChI is InChI=1S/C9H18N2O2S2/c1-3-9(4-2,8(10)14)11-6-5-7-15(11,12)13/h3-7H2,1-2H3,(H2,10,14). The molecule has 4 nitrogen and oxygen atoms in total. The Labute approximate surface area is 96.9 Å². The van der Waals surface area contributed by atoms with Gasteiger partial charge in [0.15, 0.2) is 0 Å². The first-order valence-electron chi connectivity index (χ1n) is 5.21. The number of thiocarbonyl (C=S) groups is 1. The molecule has 1 heterocycles. The van der Waals surface area contributed by atoms with Gasteiger partial charge < -0.3 is 5.73 Å². The Morgan fingerprint density at radius 2 is 2.00 bits per heavy atom. The molecule has 1 fully saturated rings. The highest BCUT2D eigenvalue weighted by Crippen LogP contribution is 2.31. The third kappa shape index (κ3) is 2.03. The first-order chi connectivity index (χ1) is 6.90. The van der Waals surface area contributed by atoms with Crippen LogP contribution in [0.15, 0.2) is 0 Å². The lowest BCUT2D eigenvalue weighted by atomic mass is 9.92. The quantitative estimate of drug-likeness (QED) is 0.752. The Morgan fingerprint density at radius 3 is 2.27 bits per heavy atom. The largest absolute Gasteiger partial charge is 0.392 e. The second-order valence-corrected chi connectivity index (χ2v) is 6.30. The summed E-state index contributed by atoms with van der Waals surface area (Å²) in [5.74, 6) is 0.220. The van der Waals surface area contributed by atoms with Gasteiger partial charge in [-0.15, -0.1) is 0 Å². The molecule has 15 heavy (non-hydrogen) atoms. The predicted molar refractivity (Wildman–Crippen MR) is 65.2 cm³/mol. The number of hydrogen-bond donors (Lipinski definition) is 1. The van der Waals surface area contributed by atoms with Crippen LogP contribution in [0.2, 0.25) is 0 Å². The summed E-state index contributed by atoms with van der Waals surface area (Å²) in [7, 11) is -3.15. The minimum Gasteiger partial charge on any atom is -0.392 e. The Kier molecular flexibility index (Phi) is 3.73. The summed E-state index contributed by atoms with van der Waals surface area (Å²) in [5, 5.41) is 0. The van der Waals surface area contributed by atoms with Gasteiger partial charge in [-0.3, -0.25) is 0 Å². The highest BCUT2D eigenvalue weighted by molar-refractivity contribution is 7.89. The van der Waals surface area contributed by atoms with Gasteiger partial charge in [-0.05, 0) is 19.3 Å². The van der Waals surface area contributed by atoms with Crippen molar-refractivity contribution < 1.29 is 8.42 Å². The van der Waals surface area contributed by atoms with Gasteiger partial charge in [0, 0.05) is 6.54 Å². The minimum atomic E-state index is -3.15. The molecule has 0 aromatic carbocycles. The zero-order chi connectivity index (χ0) is 11.7. The summed E-state index contributed by atoms with van der Waals surface area (Å²) in [5.41, 5.74) is 5.07. The van der Waals surface area contributed by atoms with E-state index >= 15 is 0 Å². The van der Waals surface area contributed by atoms with Crippen LogP contribution in [0.5, 0.6) is 0 Å². The molecule has 0 aromatic rings. The van der Waals surface area contributed by atoms with E-state index in [1.165, 1.54) is 4.31 Å². The fourth-order valence-electron chi connectivity index (χ4n) is 2.19. The van der Waals surface area contributed by atoms with E-state index in [0.717, 1.165) is 0 Å². The molecular weight excluding hydrogens is 232 g/mol. The van der Waals surface area contributed by atoms with Crippen LogP contribution in [-0.4, -0.2) is 35.5 Å². The van der Waals surface area contributed by atoms with Crippen molar-refractivity contribution in [1.29, 1.82) is 0 Å². The van der Waals surface area contributed by atoms with Gasteiger partial charge in [-0.1, -0.05) is 26.1 Å². The summed E-state index contributed by atoms with van der Waals surface area (Å²) in [6.45, 7) is 4.40. The maximum atomic E-state index is 11.8. The molecule has 0 amide bonds. The molecule has 0 atom stereocenters. The molecule has 0 radical (unpaired) electrons. The van der Waals surface area contributed by atoms with E-state index in [0.29, 0.717) is 25.8 Å². The Balaban J connectivity index is 3.15. The lowest BCUT2D eigenvalue weighted by Crippen LogP contribution is -2.56. The maximum absolute atomic E-state index is 11.8. The number of nitrogens with two attached hydrogens (primary N) is 1. The molecule has 1 aliphatic heterocycles. The number of nitrogens with zero attached hydrogens (tertiary/aromatic N) is 1. The highest BCUT2D eigenvalue weighted by atomic mass is 32.2. The zero-order valence-electron chi connectivity index (χ0n) is 9.19. The predicted octanol–water partition coefficient (Wildman–Crippen LogP) is 0.867. The summed E-state index contributed by atoms with van der Waals surface area (Å²) in [6, 6.07) is 0. The molecule has 0 aromatic heterocycles. The van der Waals surface area contributed by atoms with E-state index in [-0.39, 0.29) is 10.7 Å². The topological polar surface area (TPSA) is 63.4 Å². The van der Waals surface area contributed by atoms with Crippen LogP contribution in [0.25, 0.3) is 0 Å². The minimum absolute atomic E-state index is 0.220. The first kappa shape index (κ1) is 12.9. The van der Waals surface area contributed by atoms with E-state index < -0.39 is 15.6 Å². The van der Waals surface area contributed by atoms with Crippen LogP contribution in [0.1, 0.15) is 33.1 Å². The van der Waals surface area contributed by atoms with Crippen molar-refractivity contribution in [2.24, 2.45) is 5.73 Å². The van der Waals surface area contributed by atoms with Gasteiger partial charge >= 0.3 is 0 Å². The molecule has 6 heteroatoms. The molecule has 1 aliphatic rings. The lowest BCUT2D eigenvalue weighted by Gasteiger charge is -2.38. The van der Waals surface area contributed by atoms with E-state index in [1.54, 1.807) is 0 Å². The van der Waals surface area contributed by atoms with Crippen molar-refractivity contribution >= 4 is 27.2 Å². The van der Waals surface area contributed by atoms with Crippen molar-refractivity contribution in [3.8, 4) is 0 Å². The molecule has 1 rings (SSSR count). The molecule has 1 saturated heterocycles. The summed E-state index contributed by atoms with van der Waals surface area (Å²) >= 11 is 5.04. The molecule has 88 valence electrons. The maximum Gasteiger partial charge on any atom is 0.215 e. The second-order valence-electron chi connectivity index (χ2n) is 3.84. The third-order valence-corrected chi connectivity index (χ3v) is 5.59. The Bertz CT molecular complexity index is 347. The van der Waals surface area contributed by atoms with Crippen LogP contribution in [0.3, 0.4) is 0 Å². The molecule has 0 bridgehead atoms. The average molecular weight is 250 g/mol. The first-order valence-corrected chi connectivity index (χ1v) is 7.23. The van der Waals surface area contributed by atoms with E-state index in [9.17, 15) is 8.42 Å². The summed E-state index contributed by atoms with van der Waals surface area (Å²) in [4.78, 5) is 0.290. The van der Waals surface area contributed by atoms with Gasteiger partial charge in [0.1, 0.15) is 0 Å². The van der Waals surface area contributed by atoms with Crippen molar-refractivity contribution in [2.45, 2.75) is 38.6 Å². The van der Waals surface area contributed by atoms with Crippen molar-refractivity contribution in [2.75, 3.05) is 12.3 Å². The molecule has 0 unspecified atom stereocenters. The molecule has 0 saturated carbocycles. The second kappa shape index (κ2) is 4.35. The molecule has 2 N–H and O–H groups in total. The molecule has 0 spiro atoms. The van der Waals surface area contributed by atoms with Gasteiger partial charge in [0.25, 0.3) is 0 Å². The number of rotatable bonds is 4. The number of sulfonamides is 1. The van der Waals surface area contributed by atoms with Gasteiger partial charge in [-0.2, -0.15) is 4.31 Å². The molecular formula is C9H18N2O2S2. The van der Waals surface area contributed by atoms with E-state index in [1.807, 2.05) is 13.8 Å². The van der Waals surface area contributed by atoms with E-state index in [2.05, 4.69) is 0 Å². The van der Waals surface area contributed by atoms with Crippen LogP contribution in [0.4, 0.5) is 0 Å². The lowest BCUT2D eigenvalue weighted by molar-refractivity contribution is 0.262. The highest BCUT2D eigenvalue weighted by Gasteiger charge is 2.45. The third-order valence-electron chi connectivity index (χ3n) is 3.21. The summed E-state index contributed by atoms with van der Waals surface area (Å²) in [6.07, 6.45) is 1.95. The average Bonchev–Trinajstić information content (AvgIpc) is 2.49. The van der Waals surface area contributed by atoms with Gasteiger partial charge in [0.2, 0.25) is 10.0 Å². The normalized spacial score (nSPS) is 21.7.